The number of rotatable bonds is 5. The first-order valence-corrected chi connectivity index (χ1v) is 8.70. The third-order valence-electron chi connectivity index (χ3n) is 4.06. The third-order valence-corrected chi connectivity index (χ3v) is 5.69. The van der Waals surface area contributed by atoms with Crippen LogP contribution in [0.1, 0.15) is 64.2 Å². The SMILES string of the molecule is Cc1nc(C(C)C)sc1C(C)N(C)C(=O)c1ccc(CN)cc1. The lowest BCUT2D eigenvalue weighted by molar-refractivity contribution is 0.0744. The molecule has 1 heterocycles. The molecule has 0 aliphatic heterocycles. The van der Waals surface area contributed by atoms with Crippen LogP contribution in [0.4, 0.5) is 0 Å². The Kier molecular flexibility index (Phi) is 5.55. The highest BCUT2D eigenvalue weighted by Crippen LogP contribution is 2.32. The van der Waals surface area contributed by atoms with Gasteiger partial charge in [-0.2, -0.15) is 0 Å². The number of nitrogens with zero attached hydrogens (tertiary/aromatic N) is 2. The van der Waals surface area contributed by atoms with Crippen LogP contribution in [-0.2, 0) is 6.54 Å². The molecule has 5 heteroatoms. The van der Waals surface area contributed by atoms with E-state index >= 15 is 0 Å². The van der Waals surface area contributed by atoms with Crippen LogP contribution >= 0.6 is 11.3 Å². The van der Waals surface area contributed by atoms with E-state index in [2.05, 4.69) is 25.8 Å². The fourth-order valence-corrected chi connectivity index (χ4v) is 3.57. The Balaban J connectivity index is 2.20. The molecule has 124 valence electrons. The number of amides is 1. The molecule has 1 atom stereocenters. The lowest BCUT2D eigenvalue weighted by Crippen LogP contribution is -2.29. The van der Waals surface area contributed by atoms with E-state index in [1.807, 2.05) is 38.2 Å². The van der Waals surface area contributed by atoms with Gasteiger partial charge >= 0.3 is 0 Å². The summed E-state index contributed by atoms with van der Waals surface area (Å²) in [6, 6.07) is 7.49. The van der Waals surface area contributed by atoms with E-state index in [9.17, 15) is 4.79 Å². The second-order valence-corrected chi connectivity index (χ2v) is 7.21. The molecule has 2 N–H and O–H groups in total. The van der Waals surface area contributed by atoms with Crippen molar-refractivity contribution in [2.75, 3.05) is 7.05 Å². The minimum atomic E-state index is 0.00156. The second kappa shape index (κ2) is 7.23. The van der Waals surface area contributed by atoms with Gasteiger partial charge in [0.15, 0.2) is 0 Å². The molecule has 4 nitrogen and oxygen atoms in total. The fourth-order valence-electron chi connectivity index (χ4n) is 2.40. The molecule has 0 radical (unpaired) electrons. The molecule has 1 aromatic carbocycles. The first-order valence-electron chi connectivity index (χ1n) is 7.88. The number of hydrogen-bond donors (Lipinski definition) is 1. The Morgan fingerprint density at radius 1 is 1.26 bits per heavy atom. The predicted octanol–water partition coefficient (Wildman–Crippen LogP) is 3.87. The highest BCUT2D eigenvalue weighted by molar-refractivity contribution is 7.11. The largest absolute Gasteiger partial charge is 0.334 e. The maximum absolute atomic E-state index is 12.7. The van der Waals surface area contributed by atoms with Gasteiger partial charge < -0.3 is 10.6 Å². The summed E-state index contributed by atoms with van der Waals surface area (Å²) >= 11 is 1.70. The molecule has 23 heavy (non-hydrogen) atoms. The average Bonchev–Trinajstić information content (AvgIpc) is 2.95. The molecule has 0 spiro atoms. The molecule has 1 amide bonds. The molecule has 1 unspecified atom stereocenters. The van der Waals surface area contributed by atoms with E-state index in [1.165, 1.54) is 0 Å². The van der Waals surface area contributed by atoms with Crippen molar-refractivity contribution >= 4 is 17.2 Å². The summed E-state index contributed by atoms with van der Waals surface area (Å²) in [5.41, 5.74) is 8.33. The number of carbonyl (C=O) groups is 1. The van der Waals surface area contributed by atoms with Crippen molar-refractivity contribution in [2.24, 2.45) is 5.73 Å². The normalized spacial score (nSPS) is 12.5. The summed E-state index contributed by atoms with van der Waals surface area (Å²) in [4.78, 5) is 20.3. The quantitative estimate of drug-likeness (QED) is 0.905. The smallest absolute Gasteiger partial charge is 0.254 e. The van der Waals surface area contributed by atoms with Crippen molar-refractivity contribution in [2.45, 2.75) is 46.2 Å². The number of carbonyl (C=O) groups excluding carboxylic acids is 1. The molecular weight excluding hydrogens is 306 g/mol. The Hall–Kier alpha value is -1.72. The molecule has 2 rings (SSSR count). The minimum Gasteiger partial charge on any atom is -0.334 e. The Bertz CT molecular complexity index is 676. The van der Waals surface area contributed by atoms with Crippen LogP contribution < -0.4 is 5.73 Å². The van der Waals surface area contributed by atoms with Gasteiger partial charge in [-0.3, -0.25) is 4.79 Å². The summed E-state index contributed by atoms with van der Waals surface area (Å²) in [7, 11) is 1.85. The van der Waals surface area contributed by atoms with Gasteiger partial charge in [0.1, 0.15) is 0 Å². The minimum absolute atomic E-state index is 0.00156. The predicted molar refractivity (Wildman–Crippen MR) is 95.8 cm³/mol. The fraction of sp³-hybridized carbons (Fsp3) is 0.444. The molecule has 0 aliphatic carbocycles. The molecule has 0 saturated carbocycles. The molecule has 0 aliphatic rings. The molecule has 2 aromatic rings. The maximum atomic E-state index is 12.7. The molecule has 0 fully saturated rings. The van der Waals surface area contributed by atoms with E-state index in [0.717, 1.165) is 21.1 Å². The summed E-state index contributed by atoms with van der Waals surface area (Å²) in [5, 5.41) is 1.12. The summed E-state index contributed by atoms with van der Waals surface area (Å²) in [6.07, 6.45) is 0. The highest BCUT2D eigenvalue weighted by Gasteiger charge is 2.23. The third kappa shape index (κ3) is 3.79. The Morgan fingerprint density at radius 3 is 2.35 bits per heavy atom. The first-order chi connectivity index (χ1) is 10.8. The van der Waals surface area contributed by atoms with E-state index in [0.29, 0.717) is 18.0 Å². The summed E-state index contributed by atoms with van der Waals surface area (Å²) in [6.45, 7) is 8.83. The lowest BCUT2D eigenvalue weighted by Gasteiger charge is -2.24. The van der Waals surface area contributed by atoms with Gasteiger partial charge in [0, 0.05) is 30.0 Å². The van der Waals surface area contributed by atoms with Crippen molar-refractivity contribution in [1.29, 1.82) is 0 Å². The van der Waals surface area contributed by atoms with E-state index in [4.69, 9.17) is 5.73 Å². The van der Waals surface area contributed by atoms with Crippen LogP contribution in [0.15, 0.2) is 24.3 Å². The Labute approximate surface area is 142 Å². The topological polar surface area (TPSA) is 59.2 Å². The van der Waals surface area contributed by atoms with Crippen LogP contribution in [0.3, 0.4) is 0 Å². The van der Waals surface area contributed by atoms with Crippen LogP contribution in [0, 0.1) is 6.92 Å². The van der Waals surface area contributed by atoms with Gasteiger partial charge in [-0.1, -0.05) is 26.0 Å². The average molecular weight is 331 g/mol. The van der Waals surface area contributed by atoms with E-state index < -0.39 is 0 Å². The zero-order valence-electron chi connectivity index (χ0n) is 14.5. The number of thiazole rings is 1. The van der Waals surface area contributed by atoms with Crippen molar-refractivity contribution in [3.8, 4) is 0 Å². The zero-order chi connectivity index (χ0) is 17.1. The van der Waals surface area contributed by atoms with Crippen molar-refractivity contribution in [1.82, 2.24) is 9.88 Å². The second-order valence-electron chi connectivity index (χ2n) is 6.15. The molecule has 0 saturated heterocycles. The Morgan fingerprint density at radius 2 is 1.87 bits per heavy atom. The first kappa shape index (κ1) is 17.6. The zero-order valence-corrected chi connectivity index (χ0v) is 15.3. The summed E-state index contributed by atoms with van der Waals surface area (Å²) < 4.78 is 0. The van der Waals surface area contributed by atoms with Gasteiger partial charge in [0.25, 0.3) is 5.91 Å². The van der Waals surface area contributed by atoms with Crippen LogP contribution in [0.5, 0.6) is 0 Å². The van der Waals surface area contributed by atoms with Crippen molar-refractivity contribution < 1.29 is 4.79 Å². The van der Waals surface area contributed by atoms with Gasteiger partial charge in [-0.15, -0.1) is 11.3 Å². The van der Waals surface area contributed by atoms with Crippen molar-refractivity contribution in [3.63, 3.8) is 0 Å². The van der Waals surface area contributed by atoms with Gasteiger partial charge in [0.2, 0.25) is 0 Å². The van der Waals surface area contributed by atoms with Gasteiger partial charge in [-0.25, -0.2) is 4.98 Å². The van der Waals surface area contributed by atoms with Gasteiger partial charge in [0.05, 0.1) is 16.7 Å². The molecule has 1 aromatic heterocycles. The number of aromatic nitrogens is 1. The monoisotopic (exact) mass is 331 g/mol. The van der Waals surface area contributed by atoms with Crippen LogP contribution in [-0.4, -0.2) is 22.8 Å². The maximum Gasteiger partial charge on any atom is 0.254 e. The van der Waals surface area contributed by atoms with E-state index in [1.54, 1.807) is 16.2 Å². The number of aryl methyl sites for hydroxylation is 1. The number of benzene rings is 1. The molecule has 0 bridgehead atoms. The number of hydrogen-bond acceptors (Lipinski definition) is 4. The van der Waals surface area contributed by atoms with Gasteiger partial charge in [-0.05, 0) is 31.5 Å². The van der Waals surface area contributed by atoms with Crippen LogP contribution in [0.25, 0.3) is 0 Å². The summed E-state index contributed by atoms with van der Waals surface area (Å²) in [5.74, 6) is 0.421. The lowest BCUT2D eigenvalue weighted by atomic mass is 10.1. The van der Waals surface area contributed by atoms with Crippen LogP contribution in [0.2, 0.25) is 0 Å². The standard InChI is InChI=1S/C18H25N3OS/c1-11(2)17-20-12(3)16(23-17)13(4)21(5)18(22)15-8-6-14(10-19)7-9-15/h6-9,11,13H,10,19H2,1-5H3. The number of nitrogens with two attached hydrogens (primary N) is 1. The van der Waals surface area contributed by atoms with Crippen molar-refractivity contribution in [3.05, 3.63) is 51.0 Å². The molecular formula is C18H25N3OS. The van der Waals surface area contributed by atoms with E-state index in [-0.39, 0.29) is 11.9 Å². The highest BCUT2D eigenvalue weighted by atomic mass is 32.1.